The van der Waals surface area contributed by atoms with Gasteiger partial charge in [0.2, 0.25) is 11.8 Å². The van der Waals surface area contributed by atoms with Crippen molar-refractivity contribution in [2.75, 3.05) is 13.1 Å². The molecule has 1 aliphatic rings. The highest BCUT2D eigenvalue weighted by Crippen LogP contribution is 2.25. The van der Waals surface area contributed by atoms with Crippen LogP contribution in [-0.2, 0) is 9.59 Å². The van der Waals surface area contributed by atoms with Gasteiger partial charge in [0.05, 0.1) is 5.41 Å². The molecule has 0 saturated carbocycles. The molecule has 0 bridgehead atoms. The van der Waals surface area contributed by atoms with Crippen molar-refractivity contribution in [1.29, 1.82) is 0 Å². The van der Waals surface area contributed by atoms with Gasteiger partial charge in [-0.3, -0.25) is 9.59 Å². The van der Waals surface area contributed by atoms with Crippen molar-refractivity contribution in [3.63, 3.8) is 0 Å². The van der Waals surface area contributed by atoms with Crippen LogP contribution >= 0.6 is 0 Å². The third kappa shape index (κ3) is 3.22. The lowest BCUT2D eigenvalue weighted by Gasteiger charge is -2.20. The number of nitrogens with one attached hydrogen (secondary N) is 2. The van der Waals surface area contributed by atoms with E-state index in [2.05, 4.69) is 24.5 Å². The summed E-state index contributed by atoms with van der Waals surface area (Å²) in [6.07, 6.45) is 1.28. The first kappa shape index (κ1) is 12.0. The lowest BCUT2D eigenvalue weighted by molar-refractivity contribution is -0.131. The first-order chi connectivity index (χ1) is 6.94. The first-order valence-corrected chi connectivity index (χ1v) is 5.49. The summed E-state index contributed by atoms with van der Waals surface area (Å²) >= 11 is 0. The van der Waals surface area contributed by atoms with Crippen LogP contribution in [0.1, 0.15) is 33.6 Å². The number of hydrogen-bond donors (Lipinski definition) is 2. The molecule has 0 aliphatic carbocycles. The minimum atomic E-state index is -0.548. The maximum Gasteiger partial charge on any atom is 0.228 e. The Hall–Kier alpha value is -1.06. The lowest BCUT2D eigenvalue weighted by atomic mass is 9.88. The van der Waals surface area contributed by atoms with Crippen molar-refractivity contribution in [3.8, 4) is 0 Å². The summed E-state index contributed by atoms with van der Waals surface area (Å²) in [5, 5.41) is 5.58. The Balaban J connectivity index is 2.36. The summed E-state index contributed by atoms with van der Waals surface area (Å²) < 4.78 is 0. The molecule has 4 nitrogen and oxygen atoms in total. The summed E-state index contributed by atoms with van der Waals surface area (Å²) in [6, 6.07) is 0. The first-order valence-electron chi connectivity index (χ1n) is 5.49. The fraction of sp³-hybridized carbons (Fsp3) is 0.818. The smallest absolute Gasteiger partial charge is 0.228 e. The second-order valence-electron chi connectivity index (χ2n) is 4.95. The van der Waals surface area contributed by atoms with E-state index >= 15 is 0 Å². The van der Waals surface area contributed by atoms with Crippen LogP contribution in [0.3, 0.4) is 0 Å². The second kappa shape index (κ2) is 4.64. The molecular formula is C11H20N2O2. The lowest BCUT2D eigenvalue weighted by Crippen LogP contribution is -2.40. The molecular weight excluding hydrogens is 192 g/mol. The molecule has 0 aromatic carbocycles. The normalized spacial score (nSPS) is 25.5. The molecule has 1 fully saturated rings. The van der Waals surface area contributed by atoms with Crippen molar-refractivity contribution >= 4 is 11.8 Å². The molecule has 2 N–H and O–H groups in total. The van der Waals surface area contributed by atoms with Crippen molar-refractivity contribution in [2.45, 2.75) is 33.6 Å². The van der Waals surface area contributed by atoms with Crippen molar-refractivity contribution in [3.05, 3.63) is 0 Å². The fourth-order valence-electron chi connectivity index (χ4n) is 1.62. The van der Waals surface area contributed by atoms with Gasteiger partial charge in [0.15, 0.2) is 0 Å². The van der Waals surface area contributed by atoms with Gasteiger partial charge in [-0.15, -0.1) is 0 Å². The Labute approximate surface area is 90.8 Å². The standard InChI is InChI=1S/C11H20N2O2/c1-8(2)4-5-12-10(15)11(3)6-9(14)13-7-11/h8H,4-7H2,1-3H3,(H,12,15)(H,13,14). The van der Waals surface area contributed by atoms with Crippen LogP contribution in [0.2, 0.25) is 0 Å². The summed E-state index contributed by atoms with van der Waals surface area (Å²) in [5.41, 5.74) is -0.548. The van der Waals surface area contributed by atoms with E-state index in [1.807, 2.05) is 6.92 Å². The second-order valence-corrected chi connectivity index (χ2v) is 4.95. The average molecular weight is 212 g/mol. The summed E-state index contributed by atoms with van der Waals surface area (Å²) in [7, 11) is 0. The molecule has 2 amide bonds. The molecule has 15 heavy (non-hydrogen) atoms. The molecule has 1 atom stereocenters. The SMILES string of the molecule is CC(C)CCNC(=O)C1(C)CNC(=O)C1. The Morgan fingerprint density at radius 2 is 2.27 bits per heavy atom. The predicted molar refractivity (Wildman–Crippen MR) is 58.2 cm³/mol. The van der Waals surface area contributed by atoms with Crippen LogP contribution in [-0.4, -0.2) is 24.9 Å². The Morgan fingerprint density at radius 1 is 1.60 bits per heavy atom. The molecule has 0 aromatic rings. The number of carbonyl (C=O) groups is 2. The minimum Gasteiger partial charge on any atom is -0.356 e. The Kier molecular flexibility index (Phi) is 3.72. The highest BCUT2D eigenvalue weighted by molar-refractivity contribution is 5.92. The van der Waals surface area contributed by atoms with Crippen LogP contribution in [0.4, 0.5) is 0 Å². The highest BCUT2D eigenvalue weighted by atomic mass is 16.2. The quantitative estimate of drug-likeness (QED) is 0.719. The van der Waals surface area contributed by atoms with Gasteiger partial charge in [0, 0.05) is 19.5 Å². The molecule has 0 aromatic heterocycles. The summed E-state index contributed by atoms with van der Waals surface area (Å²) in [4.78, 5) is 22.8. The third-order valence-corrected chi connectivity index (χ3v) is 2.78. The number of rotatable bonds is 4. The van der Waals surface area contributed by atoms with Crippen LogP contribution in [0.25, 0.3) is 0 Å². The fourth-order valence-corrected chi connectivity index (χ4v) is 1.62. The van der Waals surface area contributed by atoms with Gasteiger partial charge in [0.25, 0.3) is 0 Å². The van der Waals surface area contributed by atoms with E-state index in [-0.39, 0.29) is 11.8 Å². The van der Waals surface area contributed by atoms with Crippen molar-refractivity contribution in [1.82, 2.24) is 10.6 Å². The van der Waals surface area contributed by atoms with Crippen molar-refractivity contribution in [2.24, 2.45) is 11.3 Å². The largest absolute Gasteiger partial charge is 0.356 e. The molecule has 1 saturated heterocycles. The van der Waals surface area contributed by atoms with E-state index in [1.54, 1.807) is 0 Å². The summed E-state index contributed by atoms with van der Waals surface area (Å²) in [6.45, 7) is 7.22. The zero-order valence-electron chi connectivity index (χ0n) is 9.72. The monoisotopic (exact) mass is 212 g/mol. The van der Waals surface area contributed by atoms with Crippen LogP contribution in [0.5, 0.6) is 0 Å². The van der Waals surface area contributed by atoms with Gasteiger partial charge >= 0.3 is 0 Å². The zero-order valence-corrected chi connectivity index (χ0v) is 9.72. The predicted octanol–water partition coefficient (Wildman–Crippen LogP) is 0.675. The van der Waals surface area contributed by atoms with Crippen LogP contribution in [0, 0.1) is 11.3 Å². The Bertz CT molecular complexity index is 263. The van der Waals surface area contributed by atoms with E-state index < -0.39 is 5.41 Å². The van der Waals surface area contributed by atoms with Gasteiger partial charge in [-0.1, -0.05) is 13.8 Å². The van der Waals surface area contributed by atoms with E-state index in [0.717, 1.165) is 6.42 Å². The highest BCUT2D eigenvalue weighted by Gasteiger charge is 2.40. The van der Waals surface area contributed by atoms with E-state index in [9.17, 15) is 9.59 Å². The molecule has 1 heterocycles. The number of hydrogen-bond acceptors (Lipinski definition) is 2. The Morgan fingerprint density at radius 3 is 2.73 bits per heavy atom. The molecule has 1 rings (SSSR count). The summed E-state index contributed by atoms with van der Waals surface area (Å²) in [5.74, 6) is 0.541. The topological polar surface area (TPSA) is 58.2 Å². The van der Waals surface area contributed by atoms with Gasteiger partial charge in [-0.05, 0) is 19.3 Å². The van der Waals surface area contributed by atoms with Crippen LogP contribution < -0.4 is 10.6 Å². The van der Waals surface area contributed by atoms with E-state index in [0.29, 0.717) is 25.4 Å². The van der Waals surface area contributed by atoms with E-state index in [4.69, 9.17) is 0 Å². The molecule has 1 aliphatic heterocycles. The maximum absolute atomic E-state index is 11.8. The van der Waals surface area contributed by atoms with E-state index in [1.165, 1.54) is 0 Å². The number of amides is 2. The number of carbonyl (C=O) groups excluding carboxylic acids is 2. The molecule has 86 valence electrons. The molecule has 1 unspecified atom stereocenters. The molecule has 4 heteroatoms. The average Bonchev–Trinajstić information content (AvgIpc) is 2.47. The maximum atomic E-state index is 11.8. The molecule has 0 spiro atoms. The minimum absolute atomic E-state index is 0.0125. The van der Waals surface area contributed by atoms with Crippen molar-refractivity contribution < 1.29 is 9.59 Å². The molecule has 0 radical (unpaired) electrons. The van der Waals surface area contributed by atoms with Gasteiger partial charge in [-0.2, -0.15) is 0 Å². The van der Waals surface area contributed by atoms with Gasteiger partial charge < -0.3 is 10.6 Å². The third-order valence-electron chi connectivity index (χ3n) is 2.78. The van der Waals surface area contributed by atoms with Crippen LogP contribution in [0.15, 0.2) is 0 Å². The van der Waals surface area contributed by atoms with Gasteiger partial charge in [-0.25, -0.2) is 0 Å². The zero-order chi connectivity index (χ0) is 11.5. The van der Waals surface area contributed by atoms with Gasteiger partial charge in [0.1, 0.15) is 0 Å².